The molecule has 0 amide bonds. The predicted molar refractivity (Wildman–Crippen MR) is 103 cm³/mol. The fourth-order valence-electron chi connectivity index (χ4n) is 2.42. The molecule has 0 radical (unpaired) electrons. The minimum absolute atomic E-state index is 0.141. The van der Waals surface area contributed by atoms with Gasteiger partial charge in [-0.15, -0.1) is 0 Å². The van der Waals surface area contributed by atoms with Crippen LogP contribution in [0.1, 0.15) is 5.56 Å². The summed E-state index contributed by atoms with van der Waals surface area (Å²) in [5.41, 5.74) is 3.01. The zero-order valence-electron chi connectivity index (χ0n) is 13.2. The molecule has 0 spiro atoms. The standard InChI is InChI=1S/C19H16BrNO3S/c20-17-8-4-15(5-9-17)16-6-10-19(11-7-16)25(23,24)21-18-3-1-2-14(12-18)13-22/h1-12,21-22H,13H2. The summed E-state index contributed by atoms with van der Waals surface area (Å²) in [6.45, 7) is -0.141. The van der Waals surface area contributed by atoms with Gasteiger partial charge in [-0.25, -0.2) is 8.42 Å². The summed E-state index contributed by atoms with van der Waals surface area (Å²) in [6.07, 6.45) is 0. The summed E-state index contributed by atoms with van der Waals surface area (Å²) in [4.78, 5) is 0.183. The lowest BCUT2D eigenvalue weighted by Crippen LogP contribution is -2.13. The first-order valence-electron chi connectivity index (χ1n) is 7.56. The lowest BCUT2D eigenvalue weighted by molar-refractivity contribution is 0.282. The fourth-order valence-corrected chi connectivity index (χ4v) is 3.73. The van der Waals surface area contributed by atoms with Crippen LogP contribution in [0.25, 0.3) is 11.1 Å². The van der Waals surface area contributed by atoms with Crippen LogP contribution in [0.5, 0.6) is 0 Å². The van der Waals surface area contributed by atoms with E-state index in [1.807, 2.05) is 24.3 Å². The lowest BCUT2D eigenvalue weighted by atomic mass is 10.1. The number of halogens is 1. The molecule has 6 heteroatoms. The van der Waals surface area contributed by atoms with Crippen molar-refractivity contribution in [3.8, 4) is 11.1 Å². The molecule has 0 aromatic heterocycles. The Balaban J connectivity index is 1.83. The van der Waals surface area contributed by atoms with E-state index >= 15 is 0 Å². The van der Waals surface area contributed by atoms with Crippen molar-refractivity contribution < 1.29 is 13.5 Å². The SMILES string of the molecule is O=S(=O)(Nc1cccc(CO)c1)c1ccc(-c2ccc(Br)cc2)cc1. The quantitative estimate of drug-likeness (QED) is 0.645. The van der Waals surface area contributed by atoms with Crippen molar-refractivity contribution in [2.24, 2.45) is 0 Å². The Labute approximate surface area is 155 Å². The molecule has 0 fully saturated rings. The summed E-state index contributed by atoms with van der Waals surface area (Å²) in [5, 5.41) is 9.15. The van der Waals surface area contributed by atoms with E-state index in [-0.39, 0.29) is 11.5 Å². The van der Waals surface area contributed by atoms with E-state index in [1.165, 1.54) is 0 Å². The van der Waals surface area contributed by atoms with Crippen molar-refractivity contribution in [3.63, 3.8) is 0 Å². The number of rotatable bonds is 5. The van der Waals surface area contributed by atoms with Gasteiger partial charge in [0.05, 0.1) is 11.5 Å². The number of hydrogen-bond acceptors (Lipinski definition) is 3. The molecule has 0 saturated carbocycles. The molecule has 0 aliphatic heterocycles. The lowest BCUT2D eigenvalue weighted by Gasteiger charge is -2.10. The van der Waals surface area contributed by atoms with Crippen LogP contribution >= 0.6 is 15.9 Å². The Kier molecular flexibility index (Phi) is 5.22. The molecule has 0 bridgehead atoms. The van der Waals surface area contributed by atoms with E-state index in [1.54, 1.807) is 48.5 Å². The van der Waals surface area contributed by atoms with Gasteiger partial charge in [0.15, 0.2) is 0 Å². The summed E-state index contributed by atoms with van der Waals surface area (Å²) < 4.78 is 28.5. The van der Waals surface area contributed by atoms with E-state index < -0.39 is 10.0 Å². The maximum Gasteiger partial charge on any atom is 0.261 e. The van der Waals surface area contributed by atoms with Crippen LogP contribution in [-0.4, -0.2) is 13.5 Å². The van der Waals surface area contributed by atoms with Gasteiger partial charge in [-0.2, -0.15) is 0 Å². The maximum atomic E-state index is 12.5. The van der Waals surface area contributed by atoms with Crippen molar-refractivity contribution in [2.75, 3.05) is 4.72 Å². The van der Waals surface area contributed by atoms with Crippen LogP contribution in [0, 0.1) is 0 Å². The predicted octanol–water partition coefficient (Wildman–Crippen LogP) is 4.41. The zero-order valence-corrected chi connectivity index (χ0v) is 15.6. The molecule has 0 aliphatic rings. The van der Waals surface area contributed by atoms with E-state index in [0.29, 0.717) is 11.3 Å². The summed E-state index contributed by atoms with van der Waals surface area (Å²) >= 11 is 3.39. The number of anilines is 1. The van der Waals surface area contributed by atoms with Gasteiger partial charge in [0.2, 0.25) is 0 Å². The molecule has 3 aromatic rings. The first-order valence-corrected chi connectivity index (χ1v) is 9.84. The second-order valence-corrected chi connectivity index (χ2v) is 8.09. The highest BCUT2D eigenvalue weighted by atomic mass is 79.9. The van der Waals surface area contributed by atoms with Crippen LogP contribution in [0.3, 0.4) is 0 Å². The highest BCUT2D eigenvalue weighted by molar-refractivity contribution is 9.10. The Morgan fingerprint density at radius 2 is 1.48 bits per heavy atom. The molecule has 25 heavy (non-hydrogen) atoms. The van der Waals surface area contributed by atoms with Crippen molar-refractivity contribution in [2.45, 2.75) is 11.5 Å². The van der Waals surface area contributed by atoms with Gasteiger partial charge < -0.3 is 5.11 Å². The van der Waals surface area contributed by atoms with Crippen LogP contribution in [0.2, 0.25) is 0 Å². The van der Waals surface area contributed by atoms with E-state index in [2.05, 4.69) is 20.7 Å². The summed E-state index contributed by atoms with van der Waals surface area (Å²) in [7, 11) is -3.68. The number of aliphatic hydroxyl groups is 1. The summed E-state index contributed by atoms with van der Waals surface area (Å²) in [5.74, 6) is 0. The Hall–Kier alpha value is -2.15. The zero-order chi connectivity index (χ0) is 17.9. The first-order chi connectivity index (χ1) is 12.0. The molecule has 0 atom stereocenters. The number of nitrogens with one attached hydrogen (secondary N) is 1. The van der Waals surface area contributed by atoms with Crippen LogP contribution in [-0.2, 0) is 16.6 Å². The molecule has 4 nitrogen and oxygen atoms in total. The average molecular weight is 418 g/mol. The number of benzene rings is 3. The Bertz CT molecular complexity index is 968. The Morgan fingerprint density at radius 3 is 2.08 bits per heavy atom. The van der Waals surface area contributed by atoms with Gasteiger partial charge in [0, 0.05) is 10.2 Å². The highest BCUT2D eigenvalue weighted by Gasteiger charge is 2.14. The number of hydrogen-bond donors (Lipinski definition) is 2. The third-order valence-corrected chi connectivity index (χ3v) is 5.63. The smallest absolute Gasteiger partial charge is 0.261 e. The summed E-state index contributed by atoms with van der Waals surface area (Å²) in [6, 6.07) is 21.2. The molecule has 3 aromatic carbocycles. The van der Waals surface area contributed by atoms with Gasteiger partial charge in [-0.1, -0.05) is 52.3 Å². The third kappa shape index (κ3) is 4.28. The van der Waals surface area contributed by atoms with Gasteiger partial charge in [-0.05, 0) is 53.1 Å². The van der Waals surface area contributed by atoms with Crippen LogP contribution in [0.4, 0.5) is 5.69 Å². The fraction of sp³-hybridized carbons (Fsp3) is 0.0526. The van der Waals surface area contributed by atoms with Crippen molar-refractivity contribution in [1.82, 2.24) is 0 Å². The minimum Gasteiger partial charge on any atom is -0.392 e. The van der Waals surface area contributed by atoms with Crippen molar-refractivity contribution in [3.05, 3.63) is 82.8 Å². The van der Waals surface area contributed by atoms with Crippen molar-refractivity contribution >= 4 is 31.6 Å². The molecule has 2 N–H and O–H groups in total. The van der Waals surface area contributed by atoms with E-state index in [9.17, 15) is 8.42 Å². The molecular formula is C19H16BrNO3S. The maximum absolute atomic E-state index is 12.5. The normalized spacial score (nSPS) is 11.3. The molecule has 3 rings (SSSR count). The van der Waals surface area contributed by atoms with Crippen molar-refractivity contribution in [1.29, 1.82) is 0 Å². The van der Waals surface area contributed by atoms with Gasteiger partial charge >= 0.3 is 0 Å². The molecular weight excluding hydrogens is 402 g/mol. The number of sulfonamides is 1. The van der Waals surface area contributed by atoms with Crippen LogP contribution < -0.4 is 4.72 Å². The van der Waals surface area contributed by atoms with E-state index in [4.69, 9.17) is 5.11 Å². The van der Waals surface area contributed by atoms with Gasteiger partial charge in [0.25, 0.3) is 10.0 Å². The second-order valence-electron chi connectivity index (χ2n) is 5.50. The van der Waals surface area contributed by atoms with Crippen LogP contribution in [0.15, 0.2) is 82.2 Å². The largest absolute Gasteiger partial charge is 0.392 e. The highest BCUT2D eigenvalue weighted by Crippen LogP contribution is 2.24. The minimum atomic E-state index is -3.68. The Morgan fingerprint density at radius 1 is 0.880 bits per heavy atom. The molecule has 0 heterocycles. The molecule has 0 saturated heterocycles. The van der Waals surface area contributed by atoms with Gasteiger partial charge in [-0.3, -0.25) is 4.72 Å². The monoisotopic (exact) mass is 417 g/mol. The topological polar surface area (TPSA) is 66.4 Å². The third-order valence-electron chi connectivity index (χ3n) is 3.70. The first kappa shape index (κ1) is 17.7. The average Bonchev–Trinajstić information content (AvgIpc) is 2.62. The molecule has 0 aliphatic carbocycles. The van der Waals surface area contributed by atoms with Gasteiger partial charge in [0.1, 0.15) is 0 Å². The van der Waals surface area contributed by atoms with E-state index in [0.717, 1.165) is 15.6 Å². The number of aliphatic hydroxyl groups excluding tert-OH is 1. The second kappa shape index (κ2) is 7.39. The molecule has 0 unspecified atom stereocenters. The molecule has 128 valence electrons.